The zero-order chi connectivity index (χ0) is 16.9. The Morgan fingerprint density at radius 2 is 1.88 bits per heavy atom. The van der Waals surface area contributed by atoms with Crippen LogP contribution in [0.1, 0.15) is 16.1 Å². The predicted molar refractivity (Wildman–Crippen MR) is 87.7 cm³/mol. The van der Waals surface area contributed by atoms with Gasteiger partial charge in [0.15, 0.2) is 0 Å². The molecule has 1 aliphatic heterocycles. The minimum Gasteiger partial charge on any atom is -0.465 e. The van der Waals surface area contributed by atoms with Crippen LogP contribution in [0.5, 0.6) is 11.6 Å². The first-order valence-corrected chi connectivity index (χ1v) is 7.70. The highest BCUT2D eigenvalue weighted by atomic mass is 16.5. The van der Waals surface area contributed by atoms with Crippen molar-refractivity contribution in [3.05, 3.63) is 41.6 Å². The van der Waals surface area contributed by atoms with E-state index in [1.165, 1.54) is 7.11 Å². The first kappa shape index (κ1) is 16.2. The maximum absolute atomic E-state index is 11.4. The summed E-state index contributed by atoms with van der Waals surface area (Å²) >= 11 is 0. The zero-order valence-electron chi connectivity index (χ0n) is 13.7. The number of hydrogen-bond donors (Lipinski definition) is 0. The van der Waals surface area contributed by atoms with Crippen molar-refractivity contribution in [1.82, 2.24) is 9.97 Å². The van der Waals surface area contributed by atoms with Gasteiger partial charge in [-0.25, -0.2) is 9.78 Å². The largest absolute Gasteiger partial charge is 0.465 e. The number of aromatic nitrogens is 2. The SMILES string of the molecule is COC(=O)c1ccc(Oc2cc(C)nc(N3CCOCC3)n2)cc1. The summed E-state index contributed by atoms with van der Waals surface area (Å²) in [6.45, 7) is 4.76. The second-order valence-corrected chi connectivity index (χ2v) is 5.37. The van der Waals surface area contributed by atoms with Gasteiger partial charge in [-0.1, -0.05) is 0 Å². The van der Waals surface area contributed by atoms with Crippen LogP contribution in [0.4, 0.5) is 5.95 Å². The third kappa shape index (κ3) is 3.80. The van der Waals surface area contributed by atoms with Crippen molar-refractivity contribution in [3.63, 3.8) is 0 Å². The minimum atomic E-state index is -0.381. The van der Waals surface area contributed by atoms with Crippen molar-refractivity contribution < 1.29 is 19.0 Å². The third-order valence-electron chi connectivity index (χ3n) is 3.61. The van der Waals surface area contributed by atoms with E-state index in [-0.39, 0.29) is 5.97 Å². The fraction of sp³-hybridized carbons (Fsp3) is 0.353. The van der Waals surface area contributed by atoms with Crippen LogP contribution in [0.15, 0.2) is 30.3 Å². The first-order chi connectivity index (χ1) is 11.7. The molecule has 3 rings (SSSR count). The van der Waals surface area contributed by atoms with Crippen LogP contribution in [0.25, 0.3) is 0 Å². The van der Waals surface area contributed by atoms with E-state index >= 15 is 0 Å². The molecule has 7 nitrogen and oxygen atoms in total. The highest BCUT2D eigenvalue weighted by molar-refractivity contribution is 5.89. The average molecular weight is 329 g/mol. The lowest BCUT2D eigenvalue weighted by Crippen LogP contribution is -2.37. The van der Waals surface area contributed by atoms with Crippen molar-refractivity contribution in [1.29, 1.82) is 0 Å². The van der Waals surface area contributed by atoms with Gasteiger partial charge in [-0.15, -0.1) is 0 Å². The highest BCUT2D eigenvalue weighted by Crippen LogP contribution is 2.23. The molecule has 1 aromatic carbocycles. The Bertz CT molecular complexity index is 712. The van der Waals surface area contributed by atoms with Gasteiger partial charge in [0.2, 0.25) is 11.8 Å². The Hall–Kier alpha value is -2.67. The van der Waals surface area contributed by atoms with Crippen molar-refractivity contribution in [3.8, 4) is 11.6 Å². The number of methoxy groups -OCH3 is 1. The number of hydrogen-bond acceptors (Lipinski definition) is 7. The predicted octanol–water partition coefficient (Wildman–Crippen LogP) is 2.20. The van der Waals surface area contributed by atoms with Gasteiger partial charge in [-0.05, 0) is 31.2 Å². The molecule has 0 radical (unpaired) electrons. The van der Waals surface area contributed by atoms with E-state index in [9.17, 15) is 4.79 Å². The molecule has 0 saturated carbocycles. The summed E-state index contributed by atoms with van der Waals surface area (Å²) in [5, 5.41) is 0. The van der Waals surface area contributed by atoms with E-state index in [1.54, 1.807) is 30.3 Å². The average Bonchev–Trinajstić information content (AvgIpc) is 2.62. The molecule has 0 spiro atoms. The number of anilines is 1. The van der Waals surface area contributed by atoms with E-state index in [1.807, 2.05) is 6.92 Å². The maximum atomic E-state index is 11.4. The molecular formula is C17H19N3O4. The van der Waals surface area contributed by atoms with Crippen LogP contribution in [0.3, 0.4) is 0 Å². The van der Waals surface area contributed by atoms with Crippen molar-refractivity contribution >= 4 is 11.9 Å². The molecule has 0 N–H and O–H groups in total. The molecule has 1 aliphatic rings. The highest BCUT2D eigenvalue weighted by Gasteiger charge is 2.15. The number of ether oxygens (including phenoxy) is 3. The molecular weight excluding hydrogens is 310 g/mol. The first-order valence-electron chi connectivity index (χ1n) is 7.70. The van der Waals surface area contributed by atoms with Gasteiger partial charge in [0.1, 0.15) is 5.75 Å². The molecule has 0 atom stereocenters. The second kappa shape index (κ2) is 7.27. The Balaban J connectivity index is 1.77. The van der Waals surface area contributed by atoms with E-state index in [0.717, 1.165) is 18.8 Å². The quantitative estimate of drug-likeness (QED) is 0.796. The van der Waals surface area contributed by atoms with E-state index in [2.05, 4.69) is 19.6 Å². The summed E-state index contributed by atoms with van der Waals surface area (Å²) in [5.41, 5.74) is 1.30. The molecule has 126 valence electrons. The molecule has 1 fully saturated rings. The summed E-state index contributed by atoms with van der Waals surface area (Å²) in [6, 6.07) is 8.49. The summed E-state index contributed by atoms with van der Waals surface area (Å²) in [4.78, 5) is 22.5. The molecule has 0 bridgehead atoms. The summed E-state index contributed by atoms with van der Waals surface area (Å²) in [6.07, 6.45) is 0. The van der Waals surface area contributed by atoms with Gasteiger partial charge in [0.25, 0.3) is 0 Å². The van der Waals surface area contributed by atoms with Crippen LogP contribution >= 0.6 is 0 Å². The number of carbonyl (C=O) groups excluding carboxylic acids is 1. The maximum Gasteiger partial charge on any atom is 0.337 e. The molecule has 2 heterocycles. The Labute approximate surface area is 140 Å². The van der Waals surface area contributed by atoms with E-state index < -0.39 is 0 Å². The van der Waals surface area contributed by atoms with Gasteiger partial charge < -0.3 is 19.1 Å². The minimum absolute atomic E-state index is 0.381. The topological polar surface area (TPSA) is 73.8 Å². The molecule has 0 aliphatic carbocycles. The molecule has 7 heteroatoms. The molecule has 0 unspecified atom stereocenters. The van der Waals surface area contributed by atoms with Crippen LogP contribution in [-0.4, -0.2) is 49.4 Å². The van der Waals surface area contributed by atoms with Crippen LogP contribution in [-0.2, 0) is 9.47 Å². The second-order valence-electron chi connectivity index (χ2n) is 5.37. The van der Waals surface area contributed by atoms with Gasteiger partial charge >= 0.3 is 5.97 Å². The number of carbonyl (C=O) groups is 1. The van der Waals surface area contributed by atoms with Crippen LogP contribution < -0.4 is 9.64 Å². The molecule has 1 aromatic heterocycles. The lowest BCUT2D eigenvalue weighted by Gasteiger charge is -2.27. The smallest absolute Gasteiger partial charge is 0.337 e. The molecule has 2 aromatic rings. The summed E-state index contributed by atoms with van der Waals surface area (Å²) in [7, 11) is 1.35. The van der Waals surface area contributed by atoms with Crippen molar-refractivity contribution in [2.24, 2.45) is 0 Å². The number of rotatable bonds is 4. The van der Waals surface area contributed by atoms with Gasteiger partial charge in [0.05, 0.1) is 25.9 Å². The monoisotopic (exact) mass is 329 g/mol. The van der Waals surface area contributed by atoms with Crippen LogP contribution in [0.2, 0.25) is 0 Å². The van der Waals surface area contributed by atoms with E-state index in [4.69, 9.17) is 9.47 Å². The molecule has 1 saturated heterocycles. The standard InChI is InChI=1S/C17H19N3O4/c1-12-11-15(19-17(18-12)20-7-9-23-10-8-20)24-14-5-3-13(4-6-14)16(21)22-2/h3-6,11H,7-10H2,1-2H3. The number of benzene rings is 1. The normalized spacial score (nSPS) is 14.3. The fourth-order valence-corrected chi connectivity index (χ4v) is 2.38. The summed E-state index contributed by atoms with van der Waals surface area (Å²) in [5.74, 6) is 1.32. The molecule has 0 amide bonds. The van der Waals surface area contributed by atoms with Crippen molar-refractivity contribution in [2.75, 3.05) is 38.3 Å². The van der Waals surface area contributed by atoms with E-state index in [0.29, 0.717) is 36.4 Å². The van der Waals surface area contributed by atoms with Crippen LogP contribution in [0, 0.1) is 6.92 Å². The Morgan fingerprint density at radius 1 is 1.17 bits per heavy atom. The number of nitrogens with zero attached hydrogens (tertiary/aromatic N) is 3. The fourth-order valence-electron chi connectivity index (χ4n) is 2.38. The van der Waals surface area contributed by atoms with Gasteiger partial charge in [0, 0.05) is 24.8 Å². The van der Waals surface area contributed by atoms with Crippen molar-refractivity contribution in [2.45, 2.75) is 6.92 Å². The lowest BCUT2D eigenvalue weighted by molar-refractivity contribution is 0.0600. The number of aryl methyl sites for hydroxylation is 1. The Morgan fingerprint density at radius 3 is 2.54 bits per heavy atom. The van der Waals surface area contributed by atoms with Gasteiger partial charge in [-0.3, -0.25) is 0 Å². The lowest BCUT2D eigenvalue weighted by atomic mass is 10.2. The van der Waals surface area contributed by atoms with Gasteiger partial charge in [-0.2, -0.15) is 4.98 Å². The number of morpholine rings is 1. The molecule has 24 heavy (non-hydrogen) atoms. The Kier molecular flexibility index (Phi) is 4.90. The number of esters is 1. The summed E-state index contributed by atoms with van der Waals surface area (Å²) < 4.78 is 15.8. The zero-order valence-corrected chi connectivity index (χ0v) is 13.7. The third-order valence-corrected chi connectivity index (χ3v) is 3.61.